The summed E-state index contributed by atoms with van der Waals surface area (Å²) in [6.07, 6.45) is 2.54. The minimum atomic E-state index is -0.730. The van der Waals surface area contributed by atoms with Crippen LogP contribution in [0.25, 0.3) is 11.1 Å². The Morgan fingerprint density at radius 1 is 0.962 bits per heavy atom. The van der Waals surface area contributed by atoms with Crippen LogP contribution < -0.4 is 4.74 Å². The average molecular weight is 419 g/mol. The molecule has 138 valence electrons. The number of rotatable bonds is 10. The van der Waals surface area contributed by atoms with Crippen molar-refractivity contribution >= 4 is 27.7 Å². The Balaban J connectivity index is 1.72. The summed E-state index contributed by atoms with van der Waals surface area (Å²) in [5, 5.41) is 0. The van der Waals surface area contributed by atoms with Crippen LogP contribution >= 0.6 is 15.9 Å². The molecule has 2 rings (SSSR count). The maximum atomic E-state index is 11.5. The lowest BCUT2D eigenvalue weighted by atomic mass is 10.1. The molecule has 0 spiro atoms. The normalized spacial score (nSPS) is 10.4. The highest BCUT2D eigenvalue weighted by atomic mass is 79.9. The third-order valence-corrected chi connectivity index (χ3v) is 4.47. The van der Waals surface area contributed by atoms with Gasteiger partial charge in [-0.2, -0.15) is 0 Å². The van der Waals surface area contributed by atoms with Crippen molar-refractivity contribution in [2.24, 2.45) is 0 Å². The lowest BCUT2D eigenvalue weighted by Gasteiger charge is -2.10. The second kappa shape index (κ2) is 10.8. The highest BCUT2D eigenvalue weighted by Gasteiger charge is 2.13. The van der Waals surface area contributed by atoms with Crippen molar-refractivity contribution in [3.8, 4) is 16.9 Å². The van der Waals surface area contributed by atoms with E-state index in [1.807, 2.05) is 36.4 Å². The smallest absolute Gasteiger partial charge is 0.374 e. The summed E-state index contributed by atoms with van der Waals surface area (Å²) in [4.78, 5) is 22.7. The Bertz CT molecular complexity index is 728. The standard InChI is InChI=1S/C21H23BrO4/c1-2-25-21(24)19(23)11-7-4-8-14-26-20-13-12-17(15-18(20)22)16-9-5-3-6-10-16/h3,5-6,9-10,12-13,15H,2,4,7-8,11,14H2,1H3. The number of Topliss-reactive ketones (excluding diaryl/α,β-unsaturated/α-hetero) is 1. The number of ether oxygens (including phenoxy) is 2. The maximum Gasteiger partial charge on any atom is 0.374 e. The van der Waals surface area contributed by atoms with Gasteiger partial charge in [0.25, 0.3) is 0 Å². The van der Waals surface area contributed by atoms with Crippen LogP contribution in [0.15, 0.2) is 53.0 Å². The number of carbonyl (C=O) groups excluding carboxylic acids is 2. The molecule has 2 aromatic rings. The van der Waals surface area contributed by atoms with Gasteiger partial charge in [-0.15, -0.1) is 0 Å². The number of esters is 1. The van der Waals surface area contributed by atoms with Gasteiger partial charge in [-0.25, -0.2) is 4.79 Å². The number of benzene rings is 2. The number of hydrogen-bond acceptors (Lipinski definition) is 4. The Morgan fingerprint density at radius 2 is 1.73 bits per heavy atom. The summed E-state index contributed by atoms with van der Waals surface area (Å²) in [6, 6.07) is 16.2. The predicted octanol–water partition coefficient (Wildman–Crippen LogP) is 5.19. The van der Waals surface area contributed by atoms with Crippen molar-refractivity contribution in [1.82, 2.24) is 0 Å². The van der Waals surface area contributed by atoms with E-state index >= 15 is 0 Å². The molecule has 0 aliphatic heterocycles. The van der Waals surface area contributed by atoms with Gasteiger partial charge in [-0.1, -0.05) is 36.4 Å². The second-order valence-electron chi connectivity index (χ2n) is 5.81. The van der Waals surface area contributed by atoms with Crippen molar-refractivity contribution in [2.45, 2.75) is 32.6 Å². The van der Waals surface area contributed by atoms with Crippen molar-refractivity contribution < 1.29 is 19.1 Å². The first-order valence-electron chi connectivity index (χ1n) is 8.79. The van der Waals surface area contributed by atoms with Gasteiger partial charge < -0.3 is 9.47 Å². The SMILES string of the molecule is CCOC(=O)C(=O)CCCCCOc1ccc(-c2ccccc2)cc1Br. The largest absolute Gasteiger partial charge is 0.492 e. The van der Waals surface area contributed by atoms with E-state index in [9.17, 15) is 9.59 Å². The molecule has 5 heteroatoms. The molecule has 2 aromatic carbocycles. The molecule has 0 heterocycles. The van der Waals surface area contributed by atoms with E-state index in [0.29, 0.717) is 13.0 Å². The van der Waals surface area contributed by atoms with Crippen LogP contribution in [0.4, 0.5) is 0 Å². The van der Waals surface area contributed by atoms with Gasteiger partial charge >= 0.3 is 5.97 Å². The van der Waals surface area contributed by atoms with Crippen molar-refractivity contribution in [2.75, 3.05) is 13.2 Å². The molecule has 0 unspecified atom stereocenters. The zero-order valence-electron chi connectivity index (χ0n) is 14.9. The van der Waals surface area contributed by atoms with Gasteiger partial charge in [0.15, 0.2) is 0 Å². The molecule has 0 aromatic heterocycles. The van der Waals surface area contributed by atoms with Crippen LogP contribution in [0, 0.1) is 0 Å². The van der Waals surface area contributed by atoms with Crippen molar-refractivity contribution in [1.29, 1.82) is 0 Å². The van der Waals surface area contributed by atoms with Crippen LogP contribution in [0.1, 0.15) is 32.6 Å². The lowest BCUT2D eigenvalue weighted by Crippen LogP contribution is -2.16. The van der Waals surface area contributed by atoms with E-state index in [1.54, 1.807) is 6.92 Å². The summed E-state index contributed by atoms with van der Waals surface area (Å²) >= 11 is 3.56. The Morgan fingerprint density at radius 3 is 2.42 bits per heavy atom. The Labute approximate surface area is 162 Å². The van der Waals surface area contributed by atoms with Crippen LogP contribution in [0.3, 0.4) is 0 Å². The molecule has 0 N–H and O–H groups in total. The first-order chi connectivity index (χ1) is 12.6. The van der Waals surface area contributed by atoms with E-state index < -0.39 is 11.8 Å². The molecule has 4 nitrogen and oxygen atoms in total. The van der Waals surface area contributed by atoms with E-state index in [2.05, 4.69) is 32.8 Å². The van der Waals surface area contributed by atoms with Crippen LogP contribution in [-0.4, -0.2) is 25.0 Å². The fraction of sp³-hybridized carbons (Fsp3) is 0.333. The highest BCUT2D eigenvalue weighted by Crippen LogP contribution is 2.30. The summed E-state index contributed by atoms with van der Waals surface area (Å²) < 4.78 is 11.4. The minimum absolute atomic E-state index is 0.230. The number of carbonyl (C=O) groups is 2. The summed E-state index contributed by atoms with van der Waals surface area (Å²) in [5.41, 5.74) is 2.29. The summed E-state index contributed by atoms with van der Waals surface area (Å²) in [6.45, 7) is 2.49. The van der Waals surface area contributed by atoms with Gasteiger partial charge in [0.2, 0.25) is 5.78 Å². The zero-order chi connectivity index (χ0) is 18.8. The third-order valence-electron chi connectivity index (χ3n) is 3.85. The molecule has 0 radical (unpaired) electrons. The van der Waals surface area contributed by atoms with E-state index in [-0.39, 0.29) is 13.0 Å². The molecule has 0 fully saturated rings. The predicted molar refractivity (Wildman–Crippen MR) is 105 cm³/mol. The first kappa shape index (κ1) is 20.2. The topological polar surface area (TPSA) is 52.6 Å². The molecule has 0 amide bonds. The highest BCUT2D eigenvalue weighted by molar-refractivity contribution is 9.10. The number of ketones is 1. The van der Waals surface area contributed by atoms with Gasteiger partial charge in [0.05, 0.1) is 17.7 Å². The van der Waals surface area contributed by atoms with Crippen LogP contribution in [0.5, 0.6) is 5.75 Å². The number of hydrogen-bond donors (Lipinski definition) is 0. The third kappa shape index (κ3) is 6.30. The van der Waals surface area contributed by atoms with E-state index in [0.717, 1.165) is 34.2 Å². The Kier molecular flexibility index (Phi) is 8.35. The first-order valence-corrected chi connectivity index (χ1v) is 9.59. The molecule has 26 heavy (non-hydrogen) atoms. The minimum Gasteiger partial charge on any atom is -0.492 e. The van der Waals surface area contributed by atoms with Gasteiger partial charge in [-0.3, -0.25) is 4.79 Å². The van der Waals surface area contributed by atoms with E-state index in [1.165, 1.54) is 0 Å². The van der Waals surface area contributed by atoms with Gasteiger partial charge in [0.1, 0.15) is 5.75 Å². The van der Waals surface area contributed by atoms with Crippen molar-refractivity contribution in [3.05, 3.63) is 53.0 Å². The van der Waals surface area contributed by atoms with Crippen LogP contribution in [-0.2, 0) is 14.3 Å². The number of unbranched alkanes of at least 4 members (excludes halogenated alkanes) is 2. The fourth-order valence-electron chi connectivity index (χ4n) is 2.49. The molecule has 0 atom stereocenters. The molecule has 0 bridgehead atoms. The molecule has 0 saturated carbocycles. The quantitative estimate of drug-likeness (QED) is 0.302. The maximum absolute atomic E-state index is 11.5. The van der Waals surface area contributed by atoms with Gasteiger partial charge in [0, 0.05) is 6.42 Å². The molecule has 0 aliphatic carbocycles. The molecule has 0 saturated heterocycles. The zero-order valence-corrected chi connectivity index (χ0v) is 16.5. The van der Waals surface area contributed by atoms with E-state index in [4.69, 9.17) is 4.74 Å². The summed E-state index contributed by atoms with van der Waals surface area (Å²) in [5.74, 6) is -0.384. The molecular formula is C21H23BrO4. The average Bonchev–Trinajstić information content (AvgIpc) is 2.66. The lowest BCUT2D eigenvalue weighted by molar-refractivity contribution is -0.153. The monoisotopic (exact) mass is 418 g/mol. The Hall–Kier alpha value is -2.14. The fourth-order valence-corrected chi connectivity index (χ4v) is 2.98. The molecule has 0 aliphatic rings. The number of halogens is 1. The van der Waals surface area contributed by atoms with Crippen molar-refractivity contribution in [3.63, 3.8) is 0 Å². The van der Waals surface area contributed by atoms with Gasteiger partial charge in [-0.05, 0) is 65.4 Å². The van der Waals surface area contributed by atoms with Crippen LogP contribution in [0.2, 0.25) is 0 Å². The summed E-state index contributed by atoms with van der Waals surface area (Å²) in [7, 11) is 0. The second-order valence-corrected chi connectivity index (χ2v) is 6.67. The molecular weight excluding hydrogens is 396 g/mol.